The Morgan fingerprint density at radius 1 is 1.07 bits per heavy atom. The zero-order chi connectivity index (χ0) is 21.1. The van der Waals surface area contributed by atoms with Crippen LogP contribution in [0.2, 0.25) is 5.02 Å². The first kappa shape index (κ1) is 20.8. The van der Waals surface area contributed by atoms with Gasteiger partial charge in [0.15, 0.2) is 0 Å². The van der Waals surface area contributed by atoms with E-state index < -0.39 is 15.7 Å². The third kappa shape index (κ3) is 4.63. The molecule has 2 aliphatic rings. The maximum absolute atomic E-state index is 12.0. The number of hydrogen-bond acceptors (Lipinski definition) is 9. The average Bonchev–Trinajstić information content (AvgIpc) is 2.76. The van der Waals surface area contributed by atoms with Gasteiger partial charge in [-0.2, -0.15) is 9.97 Å². The zero-order valence-electron chi connectivity index (χ0n) is 16.2. The van der Waals surface area contributed by atoms with Crippen LogP contribution in [0.3, 0.4) is 0 Å². The second-order valence-corrected chi connectivity index (χ2v) is 9.14. The monoisotopic (exact) mass is 451 g/mol. The van der Waals surface area contributed by atoms with Gasteiger partial charge in [0.05, 0.1) is 4.92 Å². The Kier molecular flexibility index (Phi) is 6.30. The van der Waals surface area contributed by atoms with Crippen LogP contribution in [0.15, 0.2) is 24.3 Å². The first-order valence-electron chi connectivity index (χ1n) is 9.66. The summed E-state index contributed by atoms with van der Waals surface area (Å²) in [6.07, 6.45) is 0. The van der Waals surface area contributed by atoms with Gasteiger partial charge in [0.1, 0.15) is 0 Å². The number of nitrogens with zero attached hydrogens (tertiary/aromatic N) is 5. The molecule has 3 heterocycles. The molecule has 0 atom stereocenters. The lowest BCUT2D eigenvalue weighted by Gasteiger charge is -2.31. The number of aromatic nitrogens is 2. The van der Waals surface area contributed by atoms with E-state index in [1.165, 1.54) is 0 Å². The van der Waals surface area contributed by atoms with E-state index in [-0.39, 0.29) is 17.3 Å². The van der Waals surface area contributed by atoms with Crippen LogP contribution in [0.4, 0.5) is 29.0 Å². The van der Waals surface area contributed by atoms with Gasteiger partial charge in [-0.1, -0.05) is 11.6 Å². The molecule has 4 rings (SSSR count). The molecule has 0 unspecified atom stereocenters. The van der Waals surface area contributed by atoms with Crippen molar-refractivity contribution in [1.82, 2.24) is 15.3 Å². The molecule has 0 aliphatic carbocycles. The third-order valence-corrected chi connectivity index (χ3v) is 6.55. The van der Waals surface area contributed by atoms with Crippen LogP contribution in [-0.4, -0.2) is 69.9 Å². The van der Waals surface area contributed by atoms with E-state index in [0.29, 0.717) is 54.3 Å². The number of nitrogens with one attached hydrogen (secondary N) is 2. The van der Waals surface area contributed by atoms with Crippen molar-refractivity contribution in [2.24, 2.45) is 0 Å². The Bertz CT molecular complexity index is 944. The van der Waals surface area contributed by atoms with E-state index in [9.17, 15) is 14.3 Å². The van der Waals surface area contributed by atoms with Gasteiger partial charge in [-0.3, -0.25) is 14.3 Å². The van der Waals surface area contributed by atoms with E-state index in [4.69, 9.17) is 11.6 Å². The van der Waals surface area contributed by atoms with Crippen LogP contribution in [0.25, 0.3) is 0 Å². The Morgan fingerprint density at radius 3 is 2.37 bits per heavy atom. The molecule has 30 heavy (non-hydrogen) atoms. The quantitative estimate of drug-likeness (QED) is 0.518. The lowest BCUT2D eigenvalue weighted by atomic mass is 10.3. The van der Waals surface area contributed by atoms with Gasteiger partial charge in [0.2, 0.25) is 17.6 Å². The summed E-state index contributed by atoms with van der Waals surface area (Å²) in [5, 5.41) is 19.0. The van der Waals surface area contributed by atoms with Crippen molar-refractivity contribution >= 4 is 51.4 Å². The van der Waals surface area contributed by atoms with Crippen molar-refractivity contribution in [3.05, 3.63) is 39.4 Å². The molecule has 2 fully saturated rings. The van der Waals surface area contributed by atoms with Crippen molar-refractivity contribution in [3.63, 3.8) is 0 Å². The lowest BCUT2D eigenvalue weighted by Crippen LogP contribution is -2.45. The normalized spacial score (nSPS) is 17.8. The summed E-state index contributed by atoms with van der Waals surface area (Å²) >= 11 is 5.96. The van der Waals surface area contributed by atoms with Crippen LogP contribution in [0.5, 0.6) is 0 Å². The second kappa shape index (κ2) is 9.11. The van der Waals surface area contributed by atoms with Crippen LogP contribution < -0.4 is 20.4 Å². The molecule has 0 amide bonds. The number of piperazine rings is 1. The van der Waals surface area contributed by atoms with Gasteiger partial charge in [-0.25, -0.2) is 0 Å². The van der Waals surface area contributed by atoms with E-state index >= 15 is 0 Å². The Morgan fingerprint density at radius 2 is 1.73 bits per heavy atom. The largest absolute Gasteiger partial charge is 0.353 e. The first-order chi connectivity index (χ1) is 14.5. The Hall–Kier alpha value is -2.50. The highest BCUT2D eigenvalue weighted by Crippen LogP contribution is 2.37. The average molecular weight is 452 g/mol. The van der Waals surface area contributed by atoms with Crippen molar-refractivity contribution < 1.29 is 9.13 Å². The van der Waals surface area contributed by atoms with Crippen molar-refractivity contribution in [2.75, 3.05) is 65.9 Å². The molecular weight excluding hydrogens is 430 g/mol. The van der Waals surface area contributed by atoms with Crippen LogP contribution in [-0.2, 0) is 10.8 Å². The standard InChI is InChI=1S/C18H22ClN7O3S/c19-13-1-3-14(4-2-13)21-16-15(26(27)28)17(24-9-11-30(29)12-10-24)23-18(22-16)25-7-5-20-6-8-25/h1-4,20H,5-12H2,(H,21,22,23). The highest BCUT2D eigenvalue weighted by atomic mass is 35.5. The number of hydrogen-bond donors (Lipinski definition) is 2. The topological polar surface area (TPSA) is 117 Å². The minimum atomic E-state index is -0.902. The Balaban J connectivity index is 1.78. The molecule has 0 bridgehead atoms. The summed E-state index contributed by atoms with van der Waals surface area (Å²) in [5.74, 6) is 1.76. The predicted molar refractivity (Wildman–Crippen MR) is 119 cm³/mol. The van der Waals surface area contributed by atoms with Gasteiger partial charge >= 0.3 is 5.69 Å². The van der Waals surface area contributed by atoms with E-state index in [2.05, 4.69) is 20.6 Å². The first-order valence-corrected chi connectivity index (χ1v) is 11.5. The summed E-state index contributed by atoms with van der Waals surface area (Å²) in [6.45, 7) is 3.90. The van der Waals surface area contributed by atoms with Gasteiger partial charge in [-0.05, 0) is 24.3 Å². The molecule has 1 aromatic heterocycles. The maximum Gasteiger partial charge on any atom is 0.353 e. The van der Waals surface area contributed by atoms with Crippen molar-refractivity contribution in [1.29, 1.82) is 0 Å². The van der Waals surface area contributed by atoms with E-state index in [1.807, 2.05) is 9.80 Å². The fraction of sp³-hybridized carbons (Fsp3) is 0.444. The molecule has 0 spiro atoms. The summed E-state index contributed by atoms with van der Waals surface area (Å²) in [4.78, 5) is 24.5. The SMILES string of the molecule is O=[N+]([O-])c1c(Nc2ccc(Cl)cc2)nc(N2CCNCC2)nc1N1CCS(=O)CC1. The summed E-state index contributed by atoms with van der Waals surface area (Å²) in [6, 6.07) is 6.88. The highest BCUT2D eigenvalue weighted by molar-refractivity contribution is 7.85. The minimum absolute atomic E-state index is 0.132. The number of rotatable bonds is 5. The highest BCUT2D eigenvalue weighted by Gasteiger charge is 2.32. The summed E-state index contributed by atoms with van der Waals surface area (Å²) in [5.41, 5.74) is 0.453. The van der Waals surface area contributed by atoms with Crippen molar-refractivity contribution in [2.45, 2.75) is 0 Å². The number of anilines is 4. The number of benzene rings is 1. The molecule has 2 saturated heterocycles. The second-order valence-electron chi connectivity index (χ2n) is 7.01. The smallest absolute Gasteiger partial charge is 0.349 e. The molecule has 12 heteroatoms. The van der Waals surface area contributed by atoms with E-state index in [0.717, 1.165) is 13.1 Å². The molecule has 1 aromatic carbocycles. The van der Waals surface area contributed by atoms with Gasteiger partial charge in [0.25, 0.3) is 0 Å². The maximum atomic E-state index is 12.0. The molecule has 0 radical (unpaired) electrons. The number of nitro groups is 1. The third-order valence-electron chi connectivity index (χ3n) is 5.02. The van der Waals surface area contributed by atoms with Gasteiger partial charge < -0.3 is 20.4 Å². The fourth-order valence-electron chi connectivity index (χ4n) is 3.43. The minimum Gasteiger partial charge on any atom is -0.349 e. The zero-order valence-corrected chi connectivity index (χ0v) is 17.8. The molecule has 2 N–H and O–H groups in total. The van der Waals surface area contributed by atoms with Crippen LogP contribution >= 0.6 is 11.6 Å². The molecule has 2 aliphatic heterocycles. The summed E-state index contributed by atoms with van der Waals surface area (Å²) in [7, 11) is -0.902. The van der Waals surface area contributed by atoms with Crippen LogP contribution in [0.1, 0.15) is 0 Å². The fourth-order valence-corrected chi connectivity index (χ4v) is 4.61. The van der Waals surface area contributed by atoms with Gasteiger partial charge in [-0.15, -0.1) is 0 Å². The molecule has 160 valence electrons. The van der Waals surface area contributed by atoms with E-state index in [1.54, 1.807) is 24.3 Å². The number of halogens is 1. The Labute approximate surface area is 181 Å². The molecule has 10 nitrogen and oxygen atoms in total. The van der Waals surface area contributed by atoms with Crippen LogP contribution in [0, 0.1) is 10.1 Å². The summed E-state index contributed by atoms with van der Waals surface area (Å²) < 4.78 is 11.8. The molecular formula is C18H22ClN7O3S. The lowest BCUT2D eigenvalue weighted by molar-refractivity contribution is -0.383. The molecule has 0 saturated carbocycles. The predicted octanol–water partition coefficient (Wildman–Crippen LogP) is 1.76. The van der Waals surface area contributed by atoms with Gasteiger partial charge in [0, 0.05) is 72.3 Å². The van der Waals surface area contributed by atoms with Crippen molar-refractivity contribution in [3.8, 4) is 0 Å². The molecule has 2 aromatic rings.